The SMILES string of the molecule is NC(=O)/C=C\c1c[nH]c2ccc(Br)cc12. The van der Waals surface area contributed by atoms with Gasteiger partial charge < -0.3 is 10.7 Å². The van der Waals surface area contributed by atoms with Crippen molar-refractivity contribution in [2.45, 2.75) is 0 Å². The van der Waals surface area contributed by atoms with Crippen LogP contribution in [0.5, 0.6) is 0 Å². The van der Waals surface area contributed by atoms with Gasteiger partial charge in [0.1, 0.15) is 0 Å². The van der Waals surface area contributed by atoms with Crippen LogP contribution in [-0.2, 0) is 4.79 Å². The number of halogens is 1. The molecule has 4 heteroatoms. The van der Waals surface area contributed by atoms with Gasteiger partial charge in [-0.3, -0.25) is 4.79 Å². The van der Waals surface area contributed by atoms with E-state index in [-0.39, 0.29) is 0 Å². The van der Waals surface area contributed by atoms with Gasteiger partial charge in [-0.1, -0.05) is 15.9 Å². The Morgan fingerprint density at radius 1 is 1.47 bits per heavy atom. The van der Waals surface area contributed by atoms with Crippen molar-refractivity contribution in [3.8, 4) is 0 Å². The summed E-state index contributed by atoms with van der Waals surface area (Å²) in [5, 5.41) is 1.06. The molecule has 0 fully saturated rings. The number of nitrogens with one attached hydrogen (secondary N) is 1. The number of benzene rings is 1. The fourth-order valence-electron chi connectivity index (χ4n) is 1.42. The normalized spacial score (nSPS) is 11.3. The molecule has 0 unspecified atom stereocenters. The zero-order valence-corrected chi connectivity index (χ0v) is 9.41. The molecule has 0 saturated carbocycles. The molecule has 76 valence electrons. The summed E-state index contributed by atoms with van der Waals surface area (Å²) in [4.78, 5) is 13.7. The maximum atomic E-state index is 10.6. The first-order valence-corrected chi connectivity index (χ1v) is 5.20. The number of amides is 1. The van der Waals surface area contributed by atoms with E-state index < -0.39 is 5.91 Å². The average molecular weight is 265 g/mol. The number of hydrogen-bond donors (Lipinski definition) is 2. The number of fused-ring (bicyclic) bond motifs is 1. The predicted molar refractivity (Wildman–Crippen MR) is 64.2 cm³/mol. The highest BCUT2D eigenvalue weighted by atomic mass is 79.9. The summed E-state index contributed by atoms with van der Waals surface area (Å²) in [6.45, 7) is 0. The van der Waals surface area contributed by atoms with Gasteiger partial charge in [-0.15, -0.1) is 0 Å². The second-order valence-corrected chi connectivity index (χ2v) is 4.09. The quantitative estimate of drug-likeness (QED) is 0.805. The smallest absolute Gasteiger partial charge is 0.241 e. The van der Waals surface area contributed by atoms with Crippen LogP contribution in [0, 0.1) is 0 Å². The Kier molecular flexibility index (Phi) is 2.60. The fraction of sp³-hybridized carbons (Fsp3) is 0. The van der Waals surface area contributed by atoms with Gasteiger partial charge in [-0.25, -0.2) is 0 Å². The molecule has 0 bridgehead atoms. The minimum absolute atomic E-state index is 0.445. The second kappa shape index (κ2) is 3.90. The molecule has 1 heterocycles. The third kappa shape index (κ3) is 2.10. The molecule has 1 aromatic heterocycles. The highest BCUT2D eigenvalue weighted by Crippen LogP contribution is 2.23. The molecule has 0 saturated heterocycles. The van der Waals surface area contributed by atoms with E-state index in [0.717, 1.165) is 20.9 Å². The largest absolute Gasteiger partial charge is 0.366 e. The fourth-order valence-corrected chi connectivity index (χ4v) is 1.79. The van der Waals surface area contributed by atoms with Crippen molar-refractivity contribution in [3.05, 3.63) is 40.5 Å². The van der Waals surface area contributed by atoms with Crippen LogP contribution in [-0.4, -0.2) is 10.9 Å². The first-order chi connectivity index (χ1) is 7.16. The lowest BCUT2D eigenvalue weighted by Crippen LogP contribution is -2.04. The summed E-state index contributed by atoms with van der Waals surface area (Å²) >= 11 is 3.40. The Morgan fingerprint density at radius 3 is 3.00 bits per heavy atom. The molecule has 0 atom stereocenters. The summed E-state index contributed by atoms with van der Waals surface area (Å²) in [5.41, 5.74) is 7.02. The lowest BCUT2D eigenvalue weighted by Gasteiger charge is -1.93. The Balaban J connectivity index is 2.52. The van der Waals surface area contributed by atoms with Crippen molar-refractivity contribution in [2.75, 3.05) is 0 Å². The van der Waals surface area contributed by atoms with Crippen LogP contribution in [0.3, 0.4) is 0 Å². The van der Waals surface area contributed by atoms with Gasteiger partial charge in [0.25, 0.3) is 0 Å². The molecule has 0 aliphatic heterocycles. The van der Waals surface area contributed by atoms with Gasteiger partial charge >= 0.3 is 0 Å². The summed E-state index contributed by atoms with van der Waals surface area (Å²) in [6, 6.07) is 5.92. The molecule has 0 radical (unpaired) electrons. The van der Waals surface area contributed by atoms with Crippen molar-refractivity contribution in [3.63, 3.8) is 0 Å². The highest BCUT2D eigenvalue weighted by Gasteiger charge is 2.01. The van der Waals surface area contributed by atoms with Crippen molar-refractivity contribution < 1.29 is 4.79 Å². The Hall–Kier alpha value is -1.55. The minimum atomic E-state index is -0.445. The van der Waals surface area contributed by atoms with Gasteiger partial charge in [-0.2, -0.15) is 0 Å². The van der Waals surface area contributed by atoms with E-state index >= 15 is 0 Å². The maximum absolute atomic E-state index is 10.6. The first kappa shape index (κ1) is 9.98. The third-order valence-corrected chi connectivity index (χ3v) is 2.60. The summed E-state index contributed by atoms with van der Waals surface area (Å²) in [6.07, 6.45) is 4.90. The van der Waals surface area contributed by atoms with Gasteiger partial charge in [0.15, 0.2) is 0 Å². The number of hydrogen-bond acceptors (Lipinski definition) is 1. The predicted octanol–water partition coefficient (Wildman–Crippen LogP) is 2.43. The number of aromatic nitrogens is 1. The Labute approximate surface area is 95.1 Å². The monoisotopic (exact) mass is 264 g/mol. The van der Waals surface area contributed by atoms with E-state index in [1.807, 2.05) is 24.4 Å². The average Bonchev–Trinajstić information content (AvgIpc) is 2.57. The van der Waals surface area contributed by atoms with Crippen LogP contribution >= 0.6 is 15.9 Å². The molecule has 1 aromatic carbocycles. The zero-order valence-electron chi connectivity index (χ0n) is 7.83. The topological polar surface area (TPSA) is 58.9 Å². The molecule has 0 spiro atoms. The van der Waals surface area contributed by atoms with Crippen LogP contribution in [0.2, 0.25) is 0 Å². The van der Waals surface area contributed by atoms with E-state index in [2.05, 4.69) is 20.9 Å². The number of H-pyrrole nitrogens is 1. The Bertz CT molecular complexity index is 543. The number of carbonyl (C=O) groups excluding carboxylic acids is 1. The summed E-state index contributed by atoms with van der Waals surface area (Å²) in [5.74, 6) is -0.445. The lowest BCUT2D eigenvalue weighted by atomic mass is 10.1. The first-order valence-electron chi connectivity index (χ1n) is 4.41. The standard InChI is InChI=1S/C11H9BrN2O/c12-8-2-3-10-9(5-8)7(6-14-10)1-4-11(13)15/h1-6,14H,(H2,13,15)/b4-1-. The van der Waals surface area contributed by atoms with E-state index in [9.17, 15) is 4.79 Å². The summed E-state index contributed by atoms with van der Waals surface area (Å²) < 4.78 is 1.00. The van der Waals surface area contributed by atoms with E-state index in [1.165, 1.54) is 6.08 Å². The van der Waals surface area contributed by atoms with Gasteiger partial charge in [0.05, 0.1) is 0 Å². The molecule has 0 aliphatic rings. The van der Waals surface area contributed by atoms with Crippen LogP contribution in [0.4, 0.5) is 0 Å². The molecule has 2 aromatic rings. The lowest BCUT2D eigenvalue weighted by molar-refractivity contribution is -0.113. The van der Waals surface area contributed by atoms with Crippen LogP contribution in [0.1, 0.15) is 5.56 Å². The molecule has 3 N–H and O–H groups in total. The van der Waals surface area contributed by atoms with Crippen LogP contribution in [0.15, 0.2) is 34.9 Å². The van der Waals surface area contributed by atoms with Gasteiger partial charge in [0.2, 0.25) is 5.91 Å². The number of rotatable bonds is 2. The zero-order chi connectivity index (χ0) is 10.8. The maximum Gasteiger partial charge on any atom is 0.241 e. The number of primary amides is 1. The summed E-state index contributed by atoms with van der Waals surface area (Å²) in [7, 11) is 0. The number of nitrogens with two attached hydrogens (primary N) is 1. The second-order valence-electron chi connectivity index (χ2n) is 3.17. The molecule has 1 amide bonds. The van der Waals surface area contributed by atoms with Crippen LogP contribution < -0.4 is 5.73 Å². The Morgan fingerprint density at radius 2 is 2.27 bits per heavy atom. The number of aromatic amines is 1. The number of carbonyl (C=O) groups is 1. The van der Waals surface area contributed by atoms with Gasteiger partial charge in [0, 0.05) is 27.6 Å². The van der Waals surface area contributed by atoms with E-state index in [0.29, 0.717) is 0 Å². The molecule has 2 rings (SSSR count). The van der Waals surface area contributed by atoms with Crippen LogP contribution in [0.25, 0.3) is 17.0 Å². The van der Waals surface area contributed by atoms with Gasteiger partial charge in [-0.05, 0) is 29.8 Å². The molecule has 15 heavy (non-hydrogen) atoms. The van der Waals surface area contributed by atoms with E-state index in [4.69, 9.17) is 5.73 Å². The van der Waals surface area contributed by atoms with Crippen molar-refractivity contribution in [1.82, 2.24) is 4.98 Å². The van der Waals surface area contributed by atoms with Crippen molar-refractivity contribution in [1.29, 1.82) is 0 Å². The minimum Gasteiger partial charge on any atom is -0.366 e. The molecular formula is C11H9BrN2O. The van der Waals surface area contributed by atoms with Crippen molar-refractivity contribution >= 4 is 38.8 Å². The third-order valence-electron chi connectivity index (χ3n) is 2.10. The molecular weight excluding hydrogens is 256 g/mol. The van der Waals surface area contributed by atoms with Crippen molar-refractivity contribution in [2.24, 2.45) is 5.73 Å². The molecule has 3 nitrogen and oxygen atoms in total. The van der Waals surface area contributed by atoms with E-state index in [1.54, 1.807) is 6.08 Å². The highest BCUT2D eigenvalue weighted by molar-refractivity contribution is 9.10. The molecule has 0 aliphatic carbocycles.